The van der Waals surface area contributed by atoms with Gasteiger partial charge in [-0.05, 0) is 36.1 Å². The maximum absolute atomic E-state index is 12.2. The number of H-pyrrole nitrogens is 1. The number of fused-ring (bicyclic) bond motifs is 1. The maximum Gasteiger partial charge on any atom is 0.230 e. The molecule has 2 aromatic carbocycles. The zero-order valence-electron chi connectivity index (χ0n) is 16.6. The van der Waals surface area contributed by atoms with Gasteiger partial charge >= 0.3 is 0 Å². The van der Waals surface area contributed by atoms with Crippen LogP contribution in [0.5, 0.6) is 0 Å². The highest BCUT2D eigenvalue weighted by molar-refractivity contribution is 8.00. The summed E-state index contributed by atoms with van der Waals surface area (Å²) in [5, 5.41) is 3.04. The summed E-state index contributed by atoms with van der Waals surface area (Å²) in [7, 11) is 0. The third-order valence-electron chi connectivity index (χ3n) is 4.81. The lowest BCUT2D eigenvalue weighted by Crippen LogP contribution is -2.33. The lowest BCUT2D eigenvalue weighted by Gasteiger charge is -2.15. The van der Waals surface area contributed by atoms with Crippen molar-refractivity contribution in [3.63, 3.8) is 0 Å². The molecule has 148 valence electrons. The zero-order chi connectivity index (χ0) is 20.1. The number of aromatic amines is 1. The number of nitrogens with two attached hydrogens (primary N) is 1. The molecule has 0 fully saturated rings. The fraction of sp³-hybridized carbons (Fsp3) is 0.364. The first-order valence-corrected chi connectivity index (χ1v) is 10.7. The van der Waals surface area contributed by atoms with E-state index in [0.29, 0.717) is 18.2 Å². The summed E-state index contributed by atoms with van der Waals surface area (Å²) in [4.78, 5) is 20.1. The van der Waals surface area contributed by atoms with E-state index < -0.39 is 0 Å². The van der Waals surface area contributed by atoms with Crippen molar-refractivity contribution < 1.29 is 4.79 Å². The molecule has 0 radical (unpaired) electrons. The molecular formula is C22H28N4OS. The molecular weight excluding hydrogens is 368 g/mol. The number of nitrogens with one attached hydrogen (secondary N) is 2. The number of carbonyl (C=O) groups excluding carboxylic acids is 1. The van der Waals surface area contributed by atoms with Crippen molar-refractivity contribution in [3.05, 3.63) is 65.5 Å². The van der Waals surface area contributed by atoms with Gasteiger partial charge in [0.25, 0.3) is 0 Å². The van der Waals surface area contributed by atoms with Crippen molar-refractivity contribution in [1.29, 1.82) is 0 Å². The van der Waals surface area contributed by atoms with Crippen LogP contribution in [0.2, 0.25) is 0 Å². The number of hydrogen-bond donors (Lipinski definition) is 3. The molecule has 3 rings (SSSR count). The summed E-state index contributed by atoms with van der Waals surface area (Å²) in [5.41, 5.74) is 10.5. The number of para-hydroxylation sites is 2. The van der Waals surface area contributed by atoms with Crippen LogP contribution >= 0.6 is 11.8 Å². The van der Waals surface area contributed by atoms with E-state index in [1.807, 2.05) is 36.4 Å². The van der Waals surface area contributed by atoms with E-state index >= 15 is 0 Å². The summed E-state index contributed by atoms with van der Waals surface area (Å²) in [6.45, 7) is 6.81. The van der Waals surface area contributed by atoms with E-state index in [1.54, 1.807) is 11.8 Å². The number of imidazole rings is 1. The van der Waals surface area contributed by atoms with Crippen LogP contribution in [0.15, 0.2) is 48.5 Å². The number of carbonyl (C=O) groups is 1. The fourth-order valence-electron chi connectivity index (χ4n) is 2.97. The van der Waals surface area contributed by atoms with E-state index in [-0.39, 0.29) is 17.2 Å². The summed E-state index contributed by atoms with van der Waals surface area (Å²) in [5.74, 6) is 1.75. The Hall–Kier alpha value is -2.31. The second kappa shape index (κ2) is 9.26. The number of nitrogens with zero attached hydrogens (tertiary/aromatic N) is 1. The van der Waals surface area contributed by atoms with Crippen LogP contribution in [0, 0.1) is 0 Å². The van der Waals surface area contributed by atoms with Gasteiger partial charge in [0.2, 0.25) is 5.91 Å². The van der Waals surface area contributed by atoms with Crippen LogP contribution in [0.25, 0.3) is 11.0 Å². The van der Waals surface area contributed by atoms with Gasteiger partial charge in [-0.3, -0.25) is 4.79 Å². The fourth-order valence-corrected chi connectivity index (χ4v) is 3.74. The SMILES string of the molecule is CC(C)c1ccc(C(N)CNC(=O)CSC(C)c2nc3ccccc3[nH]2)cc1. The molecule has 4 N–H and O–H groups in total. The third-order valence-corrected chi connectivity index (χ3v) is 5.96. The van der Waals surface area contributed by atoms with Crippen molar-refractivity contribution in [1.82, 2.24) is 15.3 Å². The molecule has 2 atom stereocenters. The number of rotatable bonds is 8. The van der Waals surface area contributed by atoms with Gasteiger partial charge in [0.15, 0.2) is 0 Å². The van der Waals surface area contributed by atoms with Gasteiger partial charge in [0.05, 0.1) is 22.0 Å². The molecule has 6 heteroatoms. The molecule has 5 nitrogen and oxygen atoms in total. The van der Waals surface area contributed by atoms with Gasteiger partial charge in [0.1, 0.15) is 5.82 Å². The van der Waals surface area contributed by atoms with E-state index in [1.165, 1.54) is 5.56 Å². The average molecular weight is 397 g/mol. The highest BCUT2D eigenvalue weighted by Crippen LogP contribution is 2.27. The van der Waals surface area contributed by atoms with Gasteiger partial charge in [-0.15, -0.1) is 11.8 Å². The van der Waals surface area contributed by atoms with E-state index in [4.69, 9.17) is 5.73 Å². The molecule has 0 spiro atoms. The van der Waals surface area contributed by atoms with Gasteiger partial charge in [-0.25, -0.2) is 4.98 Å². The Bertz CT molecular complexity index is 887. The second-order valence-electron chi connectivity index (χ2n) is 7.32. The van der Waals surface area contributed by atoms with E-state index in [0.717, 1.165) is 22.4 Å². The molecule has 1 aromatic heterocycles. The molecule has 0 aliphatic heterocycles. The maximum atomic E-state index is 12.2. The van der Waals surface area contributed by atoms with Gasteiger partial charge < -0.3 is 16.0 Å². The number of aromatic nitrogens is 2. The van der Waals surface area contributed by atoms with Crippen LogP contribution < -0.4 is 11.1 Å². The Kier molecular flexibility index (Phi) is 6.75. The van der Waals surface area contributed by atoms with E-state index in [2.05, 4.69) is 48.2 Å². The molecule has 0 saturated carbocycles. The quantitative estimate of drug-likeness (QED) is 0.530. The van der Waals surface area contributed by atoms with Crippen LogP contribution in [0.1, 0.15) is 54.9 Å². The molecule has 1 heterocycles. The number of benzene rings is 2. The summed E-state index contributed by atoms with van der Waals surface area (Å²) >= 11 is 1.56. The Morgan fingerprint density at radius 3 is 2.46 bits per heavy atom. The largest absolute Gasteiger partial charge is 0.353 e. The molecule has 0 saturated heterocycles. The topological polar surface area (TPSA) is 83.8 Å². The number of amides is 1. The number of hydrogen-bond acceptors (Lipinski definition) is 4. The Balaban J connectivity index is 1.45. The highest BCUT2D eigenvalue weighted by Gasteiger charge is 2.14. The molecule has 0 aliphatic rings. The minimum atomic E-state index is -0.206. The third kappa shape index (κ3) is 5.14. The van der Waals surface area contributed by atoms with Crippen molar-refractivity contribution >= 4 is 28.7 Å². The van der Waals surface area contributed by atoms with Gasteiger partial charge in [0, 0.05) is 12.6 Å². The molecule has 3 aromatic rings. The zero-order valence-corrected chi connectivity index (χ0v) is 17.4. The van der Waals surface area contributed by atoms with Crippen LogP contribution in [0.3, 0.4) is 0 Å². The van der Waals surface area contributed by atoms with Crippen molar-refractivity contribution in [2.45, 2.75) is 38.0 Å². The van der Waals surface area contributed by atoms with Crippen molar-refractivity contribution in [2.75, 3.05) is 12.3 Å². The Morgan fingerprint density at radius 1 is 1.11 bits per heavy atom. The van der Waals surface area contributed by atoms with Crippen LogP contribution in [0.4, 0.5) is 0 Å². The number of thioether (sulfide) groups is 1. The molecule has 2 unspecified atom stereocenters. The highest BCUT2D eigenvalue weighted by atomic mass is 32.2. The monoisotopic (exact) mass is 396 g/mol. The van der Waals surface area contributed by atoms with Gasteiger partial charge in [-0.2, -0.15) is 0 Å². The molecule has 28 heavy (non-hydrogen) atoms. The minimum Gasteiger partial charge on any atom is -0.353 e. The summed E-state index contributed by atoms with van der Waals surface area (Å²) in [6, 6.07) is 16.0. The van der Waals surface area contributed by atoms with Crippen LogP contribution in [-0.4, -0.2) is 28.2 Å². The first kappa shape index (κ1) is 20.4. The van der Waals surface area contributed by atoms with Crippen molar-refractivity contribution in [3.8, 4) is 0 Å². The smallest absolute Gasteiger partial charge is 0.230 e. The molecule has 0 aliphatic carbocycles. The summed E-state index contributed by atoms with van der Waals surface area (Å²) < 4.78 is 0. The summed E-state index contributed by atoms with van der Waals surface area (Å²) in [6.07, 6.45) is 0. The predicted octanol–water partition coefficient (Wildman–Crippen LogP) is 4.30. The standard InChI is InChI=1S/C22H28N4OS/c1-14(2)16-8-10-17(11-9-16)18(23)12-24-21(27)13-28-15(3)22-25-19-6-4-5-7-20(19)26-22/h4-11,14-15,18H,12-13,23H2,1-3H3,(H,24,27)(H,25,26). The first-order valence-electron chi connectivity index (χ1n) is 9.62. The predicted molar refractivity (Wildman–Crippen MR) is 117 cm³/mol. The van der Waals surface area contributed by atoms with Crippen LogP contribution in [-0.2, 0) is 4.79 Å². The van der Waals surface area contributed by atoms with Crippen molar-refractivity contribution in [2.24, 2.45) is 5.73 Å². The first-order chi connectivity index (χ1) is 13.4. The normalized spacial score (nSPS) is 13.6. The average Bonchev–Trinajstić information content (AvgIpc) is 3.14. The minimum absolute atomic E-state index is 0.0118. The molecule has 0 bridgehead atoms. The van der Waals surface area contributed by atoms with Gasteiger partial charge in [-0.1, -0.05) is 50.2 Å². The Morgan fingerprint density at radius 2 is 1.79 bits per heavy atom. The second-order valence-corrected chi connectivity index (χ2v) is 8.65. The Labute approximate surface area is 170 Å². The lowest BCUT2D eigenvalue weighted by molar-refractivity contribution is -0.118. The van der Waals surface area contributed by atoms with E-state index in [9.17, 15) is 4.79 Å². The lowest BCUT2D eigenvalue weighted by atomic mass is 9.99. The molecule has 1 amide bonds.